The maximum atomic E-state index is 11.9. The maximum absolute atomic E-state index is 11.9. The number of alkyl halides is 1. The van der Waals surface area contributed by atoms with Gasteiger partial charge in [0.05, 0.1) is 4.83 Å². The number of nitrogens with one attached hydrogen (secondary N) is 1. The number of nitrogens with zero attached hydrogens (tertiary/aromatic N) is 1. The van der Waals surface area contributed by atoms with E-state index in [0.29, 0.717) is 13.1 Å². The molecule has 0 spiro atoms. The van der Waals surface area contributed by atoms with E-state index < -0.39 is 0 Å². The van der Waals surface area contributed by atoms with Crippen LogP contribution in [0.1, 0.15) is 39.5 Å². The third-order valence-electron chi connectivity index (χ3n) is 3.35. The minimum atomic E-state index is -0.132. The van der Waals surface area contributed by atoms with Crippen LogP contribution >= 0.6 is 15.9 Å². The van der Waals surface area contributed by atoms with Gasteiger partial charge in [0, 0.05) is 25.6 Å². The molecule has 1 rings (SSSR count). The van der Waals surface area contributed by atoms with Crippen molar-refractivity contribution in [3.63, 3.8) is 0 Å². The van der Waals surface area contributed by atoms with Gasteiger partial charge in [0.1, 0.15) is 0 Å². The Morgan fingerprint density at radius 1 is 1.39 bits per heavy atom. The largest absolute Gasteiger partial charge is 0.356 e. The predicted octanol–water partition coefficient (Wildman–Crippen LogP) is 1.92. The van der Waals surface area contributed by atoms with Gasteiger partial charge in [0.2, 0.25) is 11.8 Å². The van der Waals surface area contributed by atoms with E-state index in [0.717, 1.165) is 32.2 Å². The average molecular weight is 319 g/mol. The minimum absolute atomic E-state index is 0.0801. The molecule has 18 heavy (non-hydrogen) atoms. The van der Waals surface area contributed by atoms with Crippen LogP contribution in [0.4, 0.5) is 0 Å². The number of rotatable bonds is 5. The molecule has 0 aromatic heterocycles. The fourth-order valence-corrected chi connectivity index (χ4v) is 2.44. The molecule has 0 aromatic rings. The molecule has 5 heteroatoms. The molecule has 0 aromatic carbocycles. The third kappa shape index (κ3) is 4.59. The van der Waals surface area contributed by atoms with Crippen LogP contribution in [0.5, 0.6) is 0 Å². The summed E-state index contributed by atoms with van der Waals surface area (Å²) >= 11 is 3.29. The van der Waals surface area contributed by atoms with E-state index in [9.17, 15) is 9.59 Å². The van der Waals surface area contributed by atoms with Crippen LogP contribution in [0.25, 0.3) is 0 Å². The number of unbranched alkanes of at least 4 members (excludes halogenated alkanes) is 1. The topological polar surface area (TPSA) is 49.4 Å². The summed E-state index contributed by atoms with van der Waals surface area (Å²) < 4.78 is 0. The first-order valence-electron chi connectivity index (χ1n) is 6.76. The van der Waals surface area contributed by atoms with Crippen molar-refractivity contribution in [2.45, 2.75) is 44.4 Å². The maximum Gasteiger partial charge on any atom is 0.236 e. The summed E-state index contributed by atoms with van der Waals surface area (Å²) in [4.78, 5) is 25.3. The second-order valence-electron chi connectivity index (χ2n) is 4.86. The molecule has 1 aliphatic rings. The zero-order valence-electron chi connectivity index (χ0n) is 11.2. The molecule has 1 aliphatic heterocycles. The Kier molecular flexibility index (Phi) is 6.68. The Bertz CT molecular complexity index is 287. The average Bonchev–Trinajstić information content (AvgIpc) is 2.38. The van der Waals surface area contributed by atoms with Gasteiger partial charge in [-0.1, -0.05) is 29.3 Å². The van der Waals surface area contributed by atoms with Crippen LogP contribution < -0.4 is 5.32 Å². The van der Waals surface area contributed by atoms with Crippen molar-refractivity contribution >= 4 is 27.7 Å². The zero-order chi connectivity index (χ0) is 13.5. The molecule has 1 N–H and O–H groups in total. The van der Waals surface area contributed by atoms with E-state index in [1.54, 1.807) is 0 Å². The number of likely N-dealkylation sites (tertiary alicyclic amines) is 1. The molecule has 0 bridgehead atoms. The SMILES string of the molecule is CCCCNC(=O)C1CCN(C(=O)C(C)Br)CC1. The molecule has 104 valence electrons. The van der Waals surface area contributed by atoms with E-state index in [4.69, 9.17) is 0 Å². The summed E-state index contributed by atoms with van der Waals surface area (Å²) in [5.74, 6) is 0.360. The summed E-state index contributed by atoms with van der Waals surface area (Å²) in [6.45, 7) is 6.11. The van der Waals surface area contributed by atoms with Crippen molar-refractivity contribution in [3.05, 3.63) is 0 Å². The summed E-state index contributed by atoms with van der Waals surface area (Å²) in [6, 6.07) is 0. The Balaban J connectivity index is 2.30. The monoisotopic (exact) mass is 318 g/mol. The van der Waals surface area contributed by atoms with Crippen molar-refractivity contribution in [1.82, 2.24) is 10.2 Å². The predicted molar refractivity (Wildman–Crippen MR) is 75.6 cm³/mol. The van der Waals surface area contributed by atoms with Crippen LogP contribution in [-0.4, -0.2) is 41.2 Å². The molecule has 0 aliphatic carbocycles. The van der Waals surface area contributed by atoms with Crippen molar-refractivity contribution in [1.29, 1.82) is 0 Å². The van der Waals surface area contributed by atoms with Crippen LogP contribution in [0.2, 0.25) is 0 Å². The van der Waals surface area contributed by atoms with E-state index in [2.05, 4.69) is 28.2 Å². The molecule has 0 saturated carbocycles. The molecule has 2 amide bonds. The first-order chi connectivity index (χ1) is 8.56. The number of carbonyl (C=O) groups is 2. The highest BCUT2D eigenvalue weighted by Crippen LogP contribution is 2.19. The van der Waals surface area contributed by atoms with Crippen molar-refractivity contribution in [2.24, 2.45) is 5.92 Å². The Morgan fingerprint density at radius 3 is 2.50 bits per heavy atom. The third-order valence-corrected chi connectivity index (χ3v) is 3.74. The van der Waals surface area contributed by atoms with E-state index >= 15 is 0 Å². The van der Waals surface area contributed by atoms with Crippen LogP contribution in [0.15, 0.2) is 0 Å². The molecule has 0 radical (unpaired) electrons. The fraction of sp³-hybridized carbons (Fsp3) is 0.846. The molecule has 4 nitrogen and oxygen atoms in total. The van der Waals surface area contributed by atoms with E-state index in [1.165, 1.54) is 0 Å². The van der Waals surface area contributed by atoms with Gasteiger partial charge in [0.25, 0.3) is 0 Å². The molecule has 1 unspecified atom stereocenters. The van der Waals surface area contributed by atoms with Crippen molar-refractivity contribution in [3.8, 4) is 0 Å². The van der Waals surface area contributed by atoms with Gasteiger partial charge in [-0.3, -0.25) is 9.59 Å². The Labute approximate surface area is 118 Å². The van der Waals surface area contributed by atoms with E-state index in [1.807, 2.05) is 11.8 Å². The number of piperidine rings is 1. The highest BCUT2D eigenvalue weighted by atomic mass is 79.9. The summed E-state index contributed by atoms with van der Waals surface area (Å²) in [5.41, 5.74) is 0. The van der Waals surface area contributed by atoms with Gasteiger partial charge in [-0.2, -0.15) is 0 Å². The lowest BCUT2D eigenvalue weighted by atomic mass is 9.95. The lowest BCUT2D eigenvalue weighted by Crippen LogP contribution is -2.45. The standard InChI is InChI=1S/C13H23BrN2O2/c1-3-4-7-15-12(17)11-5-8-16(9-6-11)13(18)10(2)14/h10-11H,3-9H2,1-2H3,(H,15,17). The van der Waals surface area contributed by atoms with Gasteiger partial charge in [0.15, 0.2) is 0 Å². The molecule has 1 saturated heterocycles. The summed E-state index contributed by atoms with van der Waals surface area (Å²) in [5, 5.41) is 2.97. The smallest absolute Gasteiger partial charge is 0.236 e. The highest BCUT2D eigenvalue weighted by Gasteiger charge is 2.28. The van der Waals surface area contributed by atoms with Gasteiger partial charge < -0.3 is 10.2 Å². The van der Waals surface area contributed by atoms with Gasteiger partial charge >= 0.3 is 0 Å². The van der Waals surface area contributed by atoms with Gasteiger partial charge in [-0.25, -0.2) is 0 Å². The van der Waals surface area contributed by atoms with Crippen molar-refractivity contribution < 1.29 is 9.59 Å². The quantitative estimate of drug-likeness (QED) is 0.622. The second kappa shape index (κ2) is 7.77. The Hall–Kier alpha value is -0.580. The van der Waals surface area contributed by atoms with Crippen molar-refractivity contribution in [2.75, 3.05) is 19.6 Å². The lowest BCUT2D eigenvalue weighted by Gasteiger charge is -2.32. The highest BCUT2D eigenvalue weighted by molar-refractivity contribution is 9.10. The number of hydrogen-bond acceptors (Lipinski definition) is 2. The first kappa shape index (κ1) is 15.5. The Morgan fingerprint density at radius 2 is 2.00 bits per heavy atom. The molecule has 1 fully saturated rings. The first-order valence-corrected chi connectivity index (χ1v) is 7.68. The summed E-state index contributed by atoms with van der Waals surface area (Å²) in [6.07, 6.45) is 3.69. The second-order valence-corrected chi connectivity index (χ2v) is 6.23. The van der Waals surface area contributed by atoms with Gasteiger partial charge in [-0.15, -0.1) is 0 Å². The number of halogens is 1. The minimum Gasteiger partial charge on any atom is -0.356 e. The van der Waals surface area contributed by atoms with Gasteiger partial charge in [-0.05, 0) is 26.2 Å². The summed E-state index contributed by atoms with van der Waals surface area (Å²) in [7, 11) is 0. The number of hydrogen-bond donors (Lipinski definition) is 1. The number of carbonyl (C=O) groups excluding carboxylic acids is 2. The molecule has 1 atom stereocenters. The molecular formula is C13H23BrN2O2. The van der Waals surface area contributed by atoms with Crippen LogP contribution in [-0.2, 0) is 9.59 Å². The molecule has 1 heterocycles. The van der Waals surface area contributed by atoms with Crippen LogP contribution in [0, 0.1) is 5.92 Å². The zero-order valence-corrected chi connectivity index (χ0v) is 12.8. The fourth-order valence-electron chi connectivity index (χ4n) is 2.15. The number of amides is 2. The lowest BCUT2D eigenvalue weighted by molar-refractivity contribution is -0.134. The normalized spacial score (nSPS) is 18.5. The van der Waals surface area contributed by atoms with Crippen LogP contribution in [0.3, 0.4) is 0 Å². The molecular weight excluding hydrogens is 296 g/mol. The van der Waals surface area contributed by atoms with E-state index in [-0.39, 0.29) is 22.6 Å².